The van der Waals surface area contributed by atoms with Gasteiger partial charge in [0.05, 0.1) is 12.1 Å². The van der Waals surface area contributed by atoms with Crippen molar-refractivity contribution in [3.8, 4) is 0 Å². The maximum Gasteiger partial charge on any atom is 0.410 e. The number of carbonyl (C=O) groups excluding carboxylic acids is 1. The molecule has 1 aromatic heterocycles. The molecule has 1 unspecified atom stereocenters. The minimum atomic E-state index is -0.195. The standard InChI is InChI=1S/C12H17NO2S/c1-8(2)15-12(14)13-6-4-11-10(9(13)3)5-7-16-11/h5,7-9H,4,6H2,1-3H3. The maximum atomic E-state index is 11.9. The van der Waals surface area contributed by atoms with E-state index in [0.717, 1.165) is 13.0 Å². The SMILES string of the molecule is CC(C)OC(=O)N1CCc2sccc2C1C. The molecule has 2 rings (SSSR count). The van der Waals surface area contributed by atoms with Gasteiger partial charge in [0.25, 0.3) is 0 Å². The monoisotopic (exact) mass is 239 g/mol. The number of amides is 1. The normalized spacial score (nSPS) is 19.8. The summed E-state index contributed by atoms with van der Waals surface area (Å²) in [5.41, 5.74) is 1.27. The van der Waals surface area contributed by atoms with Gasteiger partial charge in [0.15, 0.2) is 0 Å². The first-order chi connectivity index (χ1) is 7.59. The predicted octanol–water partition coefficient (Wildman–Crippen LogP) is 3.21. The zero-order valence-corrected chi connectivity index (χ0v) is 10.7. The van der Waals surface area contributed by atoms with Crippen molar-refractivity contribution >= 4 is 17.4 Å². The molecule has 0 spiro atoms. The number of fused-ring (bicyclic) bond motifs is 1. The number of hydrogen-bond donors (Lipinski definition) is 0. The molecule has 0 saturated heterocycles. The summed E-state index contributed by atoms with van der Waals surface area (Å²) in [7, 11) is 0. The Bertz CT molecular complexity index is 386. The predicted molar refractivity (Wildman–Crippen MR) is 64.8 cm³/mol. The van der Waals surface area contributed by atoms with Crippen molar-refractivity contribution < 1.29 is 9.53 Å². The van der Waals surface area contributed by atoms with Gasteiger partial charge in [-0.3, -0.25) is 0 Å². The third-order valence-corrected chi connectivity index (χ3v) is 3.84. The molecule has 1 aromatic rings. The van der Waals surface area contributed by atoms with Gasteiger partial charge in [-0.1, -0.05) is 0 Å². The molecule has 0 bridgehead atoms. The van der Waals surface area contributed by atoms with Crippen molar-refractivity contribution in [3.05, 3.63) is 21.9 Å². The highest BCUT2D eigenvalue weighted by atomic mass is 32.1. The Morgan fingerprint density at radius 1 is 1.62 bits per heavy atom. The van der Waals surface area contributed by atoms with Gasteiger partial charge in [-0.05, 0) is 44.2 Å². The minimum Gasteiger partial charge on any atom is -0.447 e. The summed E-state index contributed by atoms with van der Waals surface area (Å²) in [5.74, 6) is 0. The van der Waals surface area contributed by atoms with Crippen molar-refractivity contribution in [2.24, 2.45) is 0 Å². The fourth-order valence-electron chi connectivity index (χ4n) is 2.03. The van der Waals surface area contributed by atoms with Gasteiger partial charge in [-0.2, -0.15) is 0 Å². The van der Waals surface area contributed by atoms with Crippen LogP contribution in [-0.2, 0) is 11.2 Å². The highest BCUT2D eigenvalue weighted by Gasteiger charge is 2.29. The van der Waals surface area contributed by atoms with E-state index < -0.39 is 0 Å². The molecule has 88 valence electrons. The number of ether oxygens (including phenoxy) is 1. The molecule has 0 N–H and O–H groups in total. The lowest BCUT2D eigenvalue weighted by atomic mass is 10.0. The van der Waals surface area contributed by atoms with Gasteiger partial charge >= 0.3 is 6.09 Å². The number of rotatable bonds is 1. The third kappa shape index (κ3) is 2.07. The number of thiophene rings is 1. The van der Waals surface area contributed by atoms with E-state index in [9.17, 15) is 4.79 Å². The van der Waals surface area contributed by atoms with Crippen LogP contribution in [0.3, 0.4) is 0 Å². The second kappa shape index (κ2) is 4.45. The van der Waals surface area contributed by atoms with Crippen LogP contribution in [0.15, 0.2) is 11.4 Å². The van der Waals surface area contributed by atoms with Crippen molar-refractivity contribution in [2.45, 2.75) is 39.3 Å². The lowest BCUT2D eigenvalue weighted by Gasteiger charge is -2.33. The van der Waals surface area contributed by atoms with Gasteiger partial charge in [0.2, 0.25) is 0 Å². The molecule has 0 saturated carbocycles. The van der Waals surface area contributed by atoms with Crippen molar-refractivity contribution in [3.63, 3.8) is 0 Å². The Labute approximate surface area is 100 Å². The molecule has 4 heteroatoms. The van der Waals surface area contributed by atoms with Gasteiger partial charge in [-0.15, -0.1) is 11.3 Å². The third-order valence-electron chi connectivity index (χ3n) is 2.85. The van der Waals surface area contributed by atoms with Gasteiger partial charge in [0.1, 0.15) is 0 Å². The molecule has 1 atom stereocenters. The van der Waals surface area contributed by atoms with E-state index >= 15 is 0 Å². The summed E-state index contributed by atoms with van der Waals surface area (Å²) in [5, 5.41) is 2.10. The fourth-order valence-corrected chi connectivity index (χ4v) is 2.99. The summed E-state index contributed by atoms with van der Waals surface area (Å²) in [4.78, 5) is 15.1. The minimum absolute atomic E-state index is 0.0522. The van der Waals surface area contributed by atoms with E-state index in [2.05, 4.69) is 18.4 Å². The first-order valence-electron chi connectivity index (χ1n) is 5.63. The number of hydrogen-bond acceptors (Lipinski definition) is 3. The Morgan fingerprint density at radius 3 is 3.06 bits per heavy atom. The van der Waals surface area contributed by atoms with Crippen LogP contribution in [0.1, 0.15) is 37.3 Å². The summed E-state index contributed by atoms with van der Waals surface area (Å²) >= 11 is 1.78. The molecule has 3 nitrogen and oxygen atoms in total. The summed E-state index contributed by atoms with van der Waals surface area (Å²) in [6, 6.07) is 2.25. The van der Waals surface area contributed by atoms with Gasteiger partial charge < -0.3 is 9.64 Å². The molecule has 0 fully saturated rings. The quantitative estimate of drug-likeness (QED) is 0.753. The van der Waals surface area contributed by atoms with Crippen LogP contribution in [-0.4, -0.2) is 23.6 Å². The molecular weight excluding hydrogens is 222 g/mol. The summed E-state index contributed by atoms with van der Waals surface area (Å²) in [6.07, 6.45) is 0.702. The van der Waals surface area contributed by atoms with E-state index in [1.807, 2.05) is 18.7 Å². The fraction of sp³-hybridized carbons (Fsp3) is 0.583. The molecule has 1 amide bonds. The molecule has 1 aliphatic heterocycles. The van der Waals surface area contributed by atoms with E-state index in [1.165, 1.54) is 10.4 Å². The molecule has 1 aliphatic rings. The zero-order valence-electron chi connectivity index (χ0n) is 9.90. The lowest BCUT2D eigenvalue weighted by molar-refractivity contribution is 0.0634. The number of carbonyl (C=O) groups is 1. The van der Waals surface area contributed by atoms with E-state index in [0.29, 0.717) is 0 Å². The summed E-state index contributed by atoms with van der Waals surface area (Å²) in [6.45, 7) is 6.58. The highest BCUT2D eigenvalue weighted by Crippen LogP contribution is 2.33. The second-order valence-electron chi connectivity index (χ2n) is 4.35. The molecule has 0 aliphatic carbocycles. The highest BCUT2D eigenvalue weighted by molar-refractivity contribution is 7.10. The van der Waals surface area contributed by atoms with Crippen molar-refractivity contribution in [1.82, 2.24) is 4.90 Å². The van der Waals surface area contributed by atoms with Crippen LogP contribution < -0.4 is 0 Å². The molecule has 16 heavy (non-hydrogen) atoms. The second-order valence-corrected chi connectivity index (χ2v) is 5.35. The Kier molecular flexibility index (Phi) is 3.19. The van der Waals surface area contributed by atoms with Crippen molar-refractivity contribution in [2.75, 3.05) is 6.54 Å². The van der Waals surface area contributed by atoms with E-state index in [1.54, 1.807) is 11.3 Å². The molecule has 0 radical (unpaired) electrons. The van der Waals surface area contributed by atoms with Crippen LogP contribution in [0.5, 0.6) is 0 Å². The molecule has 0 aromatic carbocycles. The van der Waals surface area contributed by atoms with Crippen molar-refractivity contribution in [1.29, 1.82) is 0 Å². The summed E-state index contributed by atoms with van der Waals surface area (Å²) < 4.78 is 5.24. The van der Waals surface area contributed by atoms with E-state index in [4.69, 9.17) is 4.74 Å². The average molecular weight is 239 g/mol. The number of nitrogens with zero attached hydrogens (tertiary/aromatic N) is 1. The Hall–Kier alpha value is -1.03. The molecular formula is C12H17NO2S. The lowest BCUT2D eigenvalue weighted by Crippen LogP contribution is -2.39. The van der Waals surface area contributed by atoms with Crippen LogP contribution >= 0.6 is 11.3 Å². The largest absolute Gasteiger partial charge is 0.447 e. The van der Waals surface area contributed by atoms with Gasteiger partial charge in [0, 0.05) is 11.4 Å². The smallest absolute Gasteiger partial charge is 0.410 e. The van der Waals surface area contributed by atoms with E-state index in [-0.39, 0.29) is 18.2 Å². The first kappa shape index (κ1) is 11.5. The van der Waals surface area contributed by atoms with Crippen LogP contribution in [0.2, 0.25) is 0 Å². The van der Waals surface area contributed by atoms with Gasteiger partial charge in [-0.25, -0.2) is 4.79 Å². The Balaban J connectivity index is 2.12. The van der Waals surface area contributed by atoms with Crippen LogP contribution in [0.25, 0.3) is 0 Å². The van der Waals surface area contributed by atoms with Crippen LogP contribution in [0, 0.1) is 0 Å². The van der Waals surface area contributed by atoms with Crippen LogP contribution in [0.4, 0.5) is 4.79 Å². The Morgan fingerprint density at radius 2 is 2.38 bits per heavy atom. The zero-order chi connectivity index (χ0) is 11.7. The molecule has 2 heterocycles. The topological polar surface area (TPSA) is 29.5 Å². The first-order valence-corrected chi connectivity index (χ1v) is 6.51. The maximum absolute atomic E-state index is 11.9. The average Bonchev–Trinajstić information content (AvgIpc) is 2.65.